The minimum Gasteiger partial charge on any atom is -0.481 e. The van der Waals surface area contributed by atoms with Crippen LogP contribution >= 0.6 is 11.6 Å². The minimum atomic E-state index is -0.879. The molecule has 1 aromatic rings. The Morgan fingerprint density at radius 2 is 1.94 bits per heavy atom. The van der Waals surface area contributed by atoms with Gasteiger partial charge in [0.1, 0.15) is 0 Å². The highest BCUT2D eigenvalue weighted by molar-refractivity contribution is 6.30. The Hall–Kier alpha value is -1.06. The van der Waals surface area contributed by atoms with E-state index in [4.69, 9.17) is 16.7 Å². The summed E-state index contributed by atoms with van der Waals surface area (Å²) in [6.45, 7) is 1.60. The quantitative estimate of drug-likeness (QED) is 0.833. The Balaban J connectivity index is 2.68. The molecule has 1 aromatic carbocycles. The van der Waals surface area contributed by atoms with Gasteiger partial charge in [0.2, 0.25) is 0 Å². The molecule has 0 heterocycles. The van der Waals surface area contributed by atoms with E-state index in [9.17, 15) is 9.90 Å². The average molecular weight is 243 g/mol. The fourth-order valence-electron chi connectivity index (χ4n) is 1.59. The van der Waals surface area contributed by atoms with Gasteiger partial charge in [0.25, 0.3) is 0 Å². The summed E-state index contributed by atoms with van der Waals surface area (Å²) < 4.78 is 0. The van der Waals surface area contributed by atoms with E-state index in [1.165, 1.54) is 0 Å². The molecule has 16 heavy (non-hydrogen) atoms. The van der Waals surface area contributed by atoms with Crippen molar-refractivity contribution in [2.75, 3.05) is 0 Å². The molecule has 1 rings (SSSR count). The average Bonchev–Trinajstić information content (AvgIpc) is 2.19. The maximum Gasteiger partial charge on any atom is 0.306 e. The Kier molecular flexibility index (Phi) is 4.77. The maximum absolute atomic E-state index is 11.0. The number of halogens is 1. The molecule has 0 radical (unpaired) electrons. The zero-order chi connectivity index (χ0) is 12.1. The number of carboxylic acid groups (broad SMARTS) is 1. The number of carboxylic acids is 1. The second-order valence-corrected chi connectivity index (χ2v) is 4.39. The molecule has 0 aliphatic heterocycles. The van der Waals surface area contributed by atoms with Crippen molar-refractivity contribution >= 4 is 17.6 Å². The van der Waals surface area contributed by atoms with Crippen LogP contribution in [-0.2, 0) is 11.2 Å². The van der Waals surface area contributed by atoms with Crippen LogP contribution in [0.2, 0.25) is 5.02 Å². The summed E-state index contributed by atoms with van der Waals surface area (Å²) in [7, 11) is 0. The molecule has 88 valence electrons. The summed E-state index contributed by atoms with van der Waals surface area (Å²) in [5, 5.41) is 18.8. The lowest BCUT2D eigenvalue weighted by atomic mass is 9.94. The summed E-state index contributed by atoms with van der Waals surface area (Å²) in [5.41, 5.74) is 0.914. The fraction of sp³-hybridized carbons (Fsp3) is 0.417. The number of carbonyl (C=O) groups is 1. The van der Waals surface area contributed by atoms with Crippen molar-refractivity contribution < 1.29 is 15.0 Å². The van der Waals surface area contributed by atoms with E-state index in [0.29, 0.717) is 11.4 Å². The zero-order valence-corrected chi connectivity index (χ0v) is 9.81. The Morgan fingerprint density at radius 1 is 1.38 bits per heavy atom. The van der Waals surface area contributed by atoms with Gasteiger partial charge in [-0.1, -0.05) is 23.7 Å². The topological polar surface area (TPSA) is 57.5 Å². The van der Waals surface area contributed by atoms with E-state index < -0.39 is 18.0 Å². The van der Waals surface area contributed by atoms with Gasteiger partial charge < -0.3 is 10.2 Å². The zero-order valence-electron chi connectivity index (χ0n) is 9.06. The third-order valence-corrected chi connectivity index (χ3v) is 2.62. The third-order valence-electron chi connectivity index (χ3n) is 2.37. The predicted molar refractivity (Wildman–Crippen MR) is 62.6 cm³/mol. The fourth-order valence-corrected chi connectivity index (χ4v) is 1.71. The van der Waals surface area contributed by atoms with E-state index in [0.717, 1.165) is 5.56 Å². The van der Waals surface area contributed by atoms with Crippen molar-refractivity contribution in [1.29, 1.82) is 0 Å². The first kappa shape index (κ1) is 13.0. The van der Waals surface area contributed by atoms with Crippen molar-refractivity contribution in [3.8, 4) is 0 Å². The molecule has 0 saturated carbocycles. The van der Waals surface area contributed by atoms with Gasteiger partial charge in [-0.25, -0.2) is 0 Å². The number of hydrogen-bond acceptors (Lipinski definition) is 2. The highest BCUT2D eigenvalue weighted by Gasteiger charge is 2.19. The molecule has 0 fully saturated rings. The lowest BCUT2D eigenvalue weighted by molar-refractivity contribution is -0.142. The lowest BCUT2D eigenvalue weighted by Crippen LogP contribution is -2.21. The molecule has 0 bridgehead atoms. The number of aliphatic hydroxyl groups is 1. The van der Waals surface area contributed by atoms with Crippen LogP contribution in [-0.4, -0.2) is 22.3 Å². The van der Waals surface area contributed by atoms with Crippen LogP contribution in [0.15, 0.2) is 24.3 Å². The van der Waals surface area contributed by atoms with Gasteiger partial charge >= 0.3 is 5.97 Å². The maximum atomic E-state index is 11.0. The summed E-state index contributed by atoms with van der Waals surface area (Å²) in [4.78, 5) is 11.0. The molecular formula is C12H15ClO3. The molecule has 4 heteroatoms. The van der Waals surface area contributed by atoms with Crippen LogP contribution in [0.5, 0.6) is 0 Å². The van der Waals surface area contributed by atoms with Gasteiger partial charge in [-0.3, -0.25) is 4.79 Å². The largest absolute Gasteiger partial charge is 0.481 e. The second-order valence-electron chi connectivity index (χ2n) is 3.95. The third kappa shape index (κ3) is 4.21. The van der Waals surface area contributed by atoms with E-state index in [1.54, 1.807) is 31.2 Å². The lowest BCUT2D eigenvalue weighted by Gasteiger charge is -2.14. The predicted octanol–water partition coefficient (Wildman–Crippen LogP) is 2.35. The van der Waals surface area contributed by atoms with E-state index in [1.807, 2.05) is 0 Å². The molecule has 0 aliphatic carbocycles. The van der Waals surface area contributed by atoms with Crippen LogP contribution in [0.25, 0.3) is 0 Å². The van der Waals surface area contributed by atoms with Crippen LogP contribution in [0, 0.1) is 5.92 Å². The molecule has 2 unspecified atom stereocenters. The highest BCUT2D eigenvalue weighted by atomic mass is 35.5. The van der Waals surface area contributed by atoms with Gasteiger partial charge in [-0.05, 0) is 37.5 Å². The molecule has 0 saturated heterocycles. The number of aliphatic hydroxyl groups excluding tert-OH is 1. The Bertz CT molecular complexity index is 346. The summed E-state index contributed by atoms with van der Waals surface area (Å²) in [5.74, 6) is -1.43. The van der Waals surface area contributed by atoms with E-state index in [-0.39, 0.29) is 6.42 Å². The highest BCUT2D eigenvalue weighted by Crippen LogP contribution is 2.17. The smallest absolute Gasteiger partial charge is 0.306 e. The first-order valence-corrected chi connectivity index (χ1v) is 5.52. The minimum absolute atomic E-state index is 0.262. The van der Waals surface area contributed by atoms with Crippen molar-refractivity contribution in [3.05, 3.63) is 34.9 Å². The molecule has 0 spiro atoms. The number of rotatable bonds is 5. The van der Waals surface area contributed by atoms with Gasteiger partial charge in [-0.15, -0.1) is 0 Å². The number of benzene rings is 1. The van der Waals surface area contributed by atoms with Crippen LogP contribution in [0.1, 0.15) is 18.9 Å². The molecule has 0 amide bonds. The van der Waals surface area contributed by atoms with Crippen molar-refractivity contribution in [2.24, 2.45) is 5.92 Å². The van der Waals surface area contributed by atoms with E-state index >= 15 is 0 Å². The monoisotopic (exact) mass is 242 g/mol. The van der Waals surface area contributed by atoms with Crippen molar-refractivity contribution in [3.63, 3.8) is 0 Å². The second kappa shape index (κ2) is 5.87. The standard InChI is InChI=1S/C12H15ClO3/c1-8(14)6-10(12(15)16)7-9-2-4-11(13)5-3-9/h2-5,8,10,14H,6-7H2,1H3,(H,15,16). The first-order chi connectivity index (χ1) is 7.49. The molecular weight excluding hydrogens is 228 g/mol. The summed E-state index contributed by atoms with van der Waals surface area (Å²) >= 11 is 5.74. The van der Waals surface area contributed by atoms with Gasteiger partial charge in [-0.2, -0.15) is 0 Å². The molecule has 3 nitrogen and oxygen atoms in total. The van der Waals surface area contributed by atoms with Crippen LogP contribution in [0.4, 0.5) is 0 Å². The van der Waals surface area contributed by atoms with Crippen molar-refractivity contribution in [1.82, 2.24) is 0 Å². The summed E-state index contributed by atoms with van der Waals surface area (Å²) in [6.07, 6.45) is 0.0726. The van der Waals surface area contributed by atoms with E-state index in [2.05, 4.69) is 0 Å². The summed E-state index contributed by atoms with van der Waals surface area (Å²) in [6, 6.07) is 7.08. The molecule has 0 aliphatic rings. The van der Waals surface area contributed by atoms with Gasteiger partial charge in [0.15, 0.2) is 0 Å². The van der Waals surface area contributed by atoms with Crippen LogP contribution in [0.3, 0.4) is 0 Å². The molecule has 2 atom stereocenters. The van der Waals surface area contributed by atoms with Crippen molar-refractivity contribution in [2.45, 2.75) is 25.9 Å². The molecule has 0 aromatic heterocycles. The Labute approximate surface area is 99.7 Å². The Morgan fingerprint density at radius 3 is 2.38 bits per heavy atom. The normalized spacial score (nSPS) is 14.4. The van der Waals surface area contributed by atoms with Crippen LogP contribution < -0.4 is 0 Å². The van der Waals surface area contributed by atoms with Gasteiger partial charge in [0, 0.05) is 5.02 Å². The molecule has 2 N–H and O–H groups in total. The number of hydrogen-bond donors (Lipinski definition) is 2. The number of aliphatic carboxylic acids is 1. The van der Waals surface area contributed by atoms with Gasteiger partial charge in [0.05, 0.1) is 12.0 Å². The SMILES string of the molecule is CC(O)CC(Cc1ccc(Cl)cc1)C(=O)O. The first-order valence-electron chi connectivity index (χ1n) is 5.14.